The second-order valence-electron chi connectivity index (χ2n) is 3.27. The summed E-state index contributed by atoms with van der Waals surface area (Å²) >= 11 is 0. The molecule has 1 heterocycles. The minimum Gasteiger partial charge on any atom is -0.497 e. The monoisotopic (exact) mass is 219 g/mol. The van der Waals surface area contributed by atoms with Gasteiger partial charge in [-0.25, -0.2) is 5.43 Å². The van der Waals surface area contributed by atoms with Crippen LogP contribution in [0.15, 0.2) is 30.5 Å². The highest BCUT2D eigenvalue weighted by molar-refractivity contribution is 5.33. The molecule has 0 aliphatic rings. The molecule has 0 aliphatic carbocycles. The molecule has 1 aromatic carbocycles. The predicted octanol–water partition coefficient (Wildman–Crippen LogP) is 0.366. The Kier molecular flexibility index (Phi) is 3.13. The molecule has 0 fully saturated rings. The van der Waals surface area contributed by atoms with Gasteiger partial charge in [-0.15, -0.1) is 0 Å². The number of aromatic nitrogens is 3. The van der Waals surface area contributed by atoms with Crippen LogP contribution < -0.4 is 16.0 Å². The maximum Gasteiger partial charge on any atom is 0.119 e. The van der Waals surface area contributed by atoms with Gasteiger partial charge >= 0.3 is 0 Å². The standard InChI is InChI=1S/C10H13N5O/c1-16-8-4-2-3-7(5-8)10(13-11)9-6-12-15-14-9/h2-6,10,13H,11H2,1H3,(H,12,14,15). The van der Waals surface area contributed by atoms with Gasteiger partial charge in [0.05, 0.1) is 19.3 Å². The van der Waals surface area contributed by atoms with Gasteiger partial charge in [-0.1, -0.05) is 12.1 Å². The van der Waals surface area contributed by atoms with E-state index < -0.39 is 0 Å². The molecule has 4 N–H and O–H groups in total. The summed E-state index contributed by atoms with van der Waals surface area (Å²) in [6.07, 6.45) is 1.63. The summed E-state index contributed by atoms with van der Waals surface area (Å²) in [5.41, 5.74) is 4.39. The van der Waals surface area contributed by atoms with Crippen LogP contribution in [0.25, 0.3) is 0 Å². The quantitative estimate of drug-likeness (QED) is 0.510. The summed E-state index contributed by atoms with van der Waals surface area (Å²) in [5.74, 6) is 6.29. The number of hydrazine groups is 1. The van der Waals surface area contributed by atoms with E-state index in [1.54, 1.807) is 13.3 Å². The summed E-state index contributed by atoms with van der Waals surface area (Å²) in [6.45, 7) is 0. The van der Waals surface area contributed by atoms with Gasteiger partial charge in [0, 0.05) is 0 Å². The van der Waals surface area contributed by atoms with Gasteiger partial charge in [0.1, 0.15) is 11.4 Å². The number of nitrogens with one attached hydrogen (secondary N) is 2. The molecule has 6 nitrogen and oxygen atoms in total. The lowest BCUT2D eigenvalue weighted by Crippen LogP contribution is -2.29. The number of benzene rings is 1. The Morgan fingerprint density at radius 3 is 3.00 bits per heavy atom. The molecule has 2 aromatic rings. The molecule has 0 bridgehead atoms. The molecule has 1 unspecified atom stereocenters. The number of rotatable bonds is 4. The first kappa shape index (κ1) is 10.6. The third-order valence-corrected chi connectivity index (χ3v) is 2.32. The Bertz CT molecular complexity index is 442. The Morgan fingerprint density at radius 1 is 1.50 bits per heavy atom. The van der Waals surface area contributed by atoms with E-state index in [0.29, 0.717) is 0 Å². The van der Waals surface area contributed by atoms with Crippen molar-refractivity contribution in [3.8, 4) is 5.75 Å². The van der Waals surface area contributed by atoms with Crippen LogP contribution in [0.3, 0.4) is 0 Å². The molecule has 16 heavy (non-hydrogen) atoms. The van der Waals surface area contributed by atoms with E-state index in [1.165, 1.54) is 0 Å². The van der Waals surface area contributed by atoms with Gasteiger partial charge in [-0.3, -0.25) is 5.84 Å². The molecular formula is C10H13N5O. The molecular weight excluding hydrogens is 206 g/mol. The summed E-state index contributed by atoms with van der Waals surface area (Å²) in [5, 5.41) is 10.3. The van der Waals surface area contributed by atoms with E-state index in [0.717, 1.165) is 17.0 Å². The molecule has 0 amide bonds. The van der Waals surface area contributed by atoms with Crippen LogP contribution in [0, 0.1) is 0 Å². The number of hydrogen-bond donors (Lipinski definition) is 3. The average molecular weight is 219 g/mol. The molecule has 0 aliphatic heterocycles. The van der Waals surface area contributed by atoms with Gasteiger partial charge in [0.25, 0.3) is 0 Å². The average Bonchev–Trinajstić information content (AvgIpc) is 2.84. The number of methoxy groups -OCH3 is 1. The summed E-state index contributed by atoms with van der Waals surface area (Å²) in [6, 6.07) is 7.42. The SMILES string of the molecule is COc1cccc(C(NN)c2cn[nH]n2)c1. The Balaban J connectivity index is 2.33. The fraction of sp³-hybridized carbons (Fsp3) is 0.200. The Hall–Kier alpha value is -1.92. The Labute approximate surface area is 92.8 Å². The molecule has 2 rings (SSSR count). The summed E-state index contributed by atoms with van der Waals surface area (Å²) in [7, 11) is 1.63. The van der Waals surface area contributed by atoms with Crippen molar-refractivity contribution in [1.82, 2.24) is 20.8 Å². The third-order valence-electron chi connectivity index (χ3n) is 2.32. The van der Waals surface area contributed by atoms with Crippen LogP contribution >= 0.6 is 0 Å². The van der Waals surface area contributed by atoms with Gasteiger partial charge < -0.3 is 4.74 Å². The van der Waals surface area contributed by atoms with Gasteiger partial charge in [-0.2, -0.15) is 15.4 Å². The van der Waals surface area contributed by atoms with Crippen molar-refractivity contribution in [2.24, 2.45) is 5.84 Å². The summed E-state index contributed by atoms with van der Waals surface area (Å²) < 4.78 is 5.15. The molecule has 1 atom stereocenters. The smallest absolute Gasteiger partial charge is 0.119 e. The highest BCUT2D eigenvalue weighted by Gasteiger charge is 2.15. The van der Waals surface area contributed by atoms with Crippen molar-refractivity contribution in [3.63, 3.8) is 0 Å². The van der Waals surface area contributed by atoms with Gasteiger partial charge in [-0.05, 0) is 17.7 Å². The van der Waals surface area contributed by atoms with Gasteiger partial charge in [0.2, 0.25) is 0 Å². The maximum atomic E-state index is 5.52. The minimum atomic E-state index is -0.200. The van der Waals surface area contributed by atoms with E-state index in [1.807, 2.05) is 24.3 Å². The van der Waals surface area contributed by atoms with E-state index in [-0.39, 0.29) is 6.04 Å². The number of aromatic amines is 1. The van der Waals surface area contributed by atoms with Crippen molar-refractivity contribution < 1.29 is 4.74 Å². The topological polar surface area (TPSA) is 88.9 Å². The molecule has 0 radical (unpaired) electrons. The zero-order valence-corrected chi connectivity index (χ0v) is 8.84. The molecule has 0 saturated carbocycles. The number of nitrogens with two attached hydrogens (primary N) is 1. The van der Waals surface area contributed by atoms with E-state index in [9.17, 15) is 0 Å². The Morgan fingerprint density at radius 2 is 2.38 bits per heavy atom. The lowest BCUT2D eigenvalue weighted by atomic mass is 10.0. The van der Waals surface area contributed by atoms with E-state index >= 15 is 0 Å². The van der Waals surface area contributed by atoms with E-state index in [2.05, 4.69) is 20.8 Å². The number of hydrogen-bond acceptors (Lipinski definition) is 5. The van der Waals surface area contributed by atoms with E-state index in [4.69, 9.17) is 10.6 Å². The van der Waals surface area contributed by atoms with Gasteiger partial charge in [0.15, 0.2) is 0 Å². The first-order valence-corrected chi connectivity index (χ1v) is 4.81. The maximum absolute atomic E-state index is 5.52. The van der Waals surface area contributed by atoms with Crippen LogP contribution in [0.5, 0.6) is 5.75 Å². The lowest BCUT2D eigenvalue weighted by molar-refractivity contribution is 0.413. The zero-order chi connectivity index (χ0) is 11.4. The second kappa shape index (κ2) is 4.73. The van der Waals surface area contributed by atoms with Crippen LogP contribution in [0.2, 0.25) is 0 Å². The van der Waals surface area contributed by atoms with Crippen molar-refractivity contribution in [2.75, 3.05) is 7.11 Å². The highest BCUT2D eigenvalue weighted by atomic mass is 16.5. The fourth-order valence-corrected chi connectivity index (χ4v) is 1.52. The highest BCUT2D eigenvalue weighted by Crippen LogP contribution is 2.22. The minimum absolute atomic E-state index is 0.200. The molecule has 0 saturated heterocycles. The van der Waals surface area contributed by atoms with Crippen LogP contribution in [-0.2, 0) is 0 Å². The molecule has 1 aromatic heterocycles. The van der Waals surface area contributed by atoms with Crippen molar-refractivity contribution >= 4 is 0 Å². The van der Waals surface area contributed by atoms with Crippen LogP contribution in [0.4, 0.5) is 0 Å². The fourth-order valence-electron chi connectivity index (χ4n) is 1.52. The third kappa shape index (κ3) is 2.02. The second-order valence-corrected chi connectivity index (χ2v) is 3.27. The van der Waals surface area contributed by atoms with Crippen molar-refractivity contribution in [2.45, 2.75) is 6.04 Å². The predicted molar refractivity (Wildman–Crippen MR) is 58.5 cm³/mol. The van der Waals surface area contributed by atoms with Crippen molar-refractivity contribution in [1.29, 1.82) is 0 Å². The van der Waals surface area contributed by atoms with Crippen LogP contribution in [0.1, 0.15) is 17.3 Å². The van der Waals surface area contributed by atoms with Crippen LogP contribution in [-0.4, -0.2) is 22.5 Å². The number of nitrogens with zero attached hydrogens (tertiary/aromatic N) is 2. The number of H-pyrrole nitrogens is 1. The first-order valence-electron chi connectivity index (χ1n) is 4.81. The lowest BCUT2D eigenvalue weighted by Gasteiger charge is -2.14. The molecule has 0 spiro atoms. The summed E-state index contributed by atoms with van der Waals surface area (Å²) in [4.78, 5) is 0. The molecule has 6 heteroatoms. The first-order chi connectivity index (χ1) is 7.85. The zero-order valence-electron chi connectivity index (χ0n) is 8.84. The largest absolute Gasteiger partial charge is 0.497 e. The molecule has 84 valence electrons. The number of ether oxygens (including phenoxy) is 1. The normalized spacial score (nSPS) is 12.4. The van der Waals surface area contributed by atoms with Crippen molar-refractivity contribution in [3.05, 3.63) is 41.7 Å².